The lowest BCUT2D eigenvalue weighted by Crippen LogP contribution is -2.03. The fourth-order valence-corrected chi connectivity index (χ4v) is 8.27. The van der Waals surface area contributed by atoms with Gasteiger partial charge in [-0.25, -0.2) is 4.70 Å². The molecule has 54 heavy (non-hydrogen) atoms. The minimum atomic E-state index is 0.878. The Morgan fingerprint density at radius 3 is 1.41 bits per heavy atom. The van der Waals surface area contributed by atoms with Crippen LogP contribution >= 0.6 is 0 Å². The number of nitrogens with zero attached hydrogens (tertiary/aromatic N) is 2. The van der Waals surface area contributed by atoms with Crippen LogP contribution in [0.5, 0.6) is 0 Å². The van der Waals surface area contributed by atoms with Crippen LogP contribution in [0.15, 0.2) is 71.8 Å². The van der Waals surface area contributed by atoms with E-state index in [2.05, 4.69) is 88.4 Å². The third-order valence-corrected chi connectivity index (χ3v) is 11.7. The van der Waals surface area contributed by atoms with Crippen molar-refractivity contribution in [3.63, 3.8) is 0 Å². The monoisotopic (exact) mass is 735 g/mol. The van der Waals surface area contributed by atoms with Crippen LogP contribution in [0.3, 0.4) is 0 Å². The van der Waals surface area contributed by atoms with Crippen molar-refractivity contribution in [2.24, 2.45) is 0 Å². The van der Waals surface area contributed by atoms with Gasteiger partial charge in [-0.2, -0.15) is 0 Å². The van der Waals surface area contributed by atoms with Crippen LogP contribution in [0.2, 0.25) is 0 Å². The van der Waals surface area contributed by atoms with E-state index in [-0.39, 0.29) is 0 Å². The van der Waals surface area contributed by atoms with E-state index in [1.165, 1.54) is 194 Å². The van der Waals surface area contributed by atoms with Crippen molar-refractivity contribution >= 4 is 11.4 Å². The van der Waals surface area contributed by atoms with Crippen molar-refractivity contribution in [2.45, 2.75) is 220 Å². The second-order valence-corrected chi connectivity index (χ2v) is 16.5. The van der Waals surface area contributed by atoms with Gasteiger partial charge in [-0.1, -0.05) is 212 Å². The summed E-state index contributed by atoms with van der Waals surface area (Å²) in [5.74, 6) is 0. The molecule has 0 atom stereocenters. The Morgan fingerprint density at radius 1 is 0.463 bits per heavy atom. The first-order valence-electron chi connectivity index (χ1n) is 23.5. The molecule has 3 rings (SSSR count). The molecule has 0 spiro atoms. The van der Waals surface area contributed by atoms with E-state index in [1.807, 2.05) is 0 Å². The molecule has 0 amide bonds. The van der Waals surface area contributed by atoms with Gasteiger partial charge in [0.05, 0.1) is 5.57 Å². The molecule has 2 nitrogen and oxygen atoms in total. The summed E-state index contributed by atoms with van der Waals surface area (Å²) in [7, 11) is 0. The van der Waals surface area contributed by atoms with Crippen molar-refractivity contribution in [3.8, 4) is 0 Å². The average molecular weight is 735 g/mol. The second-order valence-electron chi connectivity index (χ2n) is 16.5. The number of rotatable bonds is 33. The van der Waals surface area contributed by atoms with Crippen LogP contribution in [-0.4, -0.2) is 4.70 Å². The molecule has 2 heteroatoms. The SMILES string of the molecule is CCCCCCCCCCCCCCCCCCCCCCCCC=CC1=C(c2ccc(CCCC)cc2)[N+](=[N-])C(c2cccc(CCCC)c2)=C1CC. The minimum absolute atomic E-state index is 0.878. The highest BCUT2D eigenvalue weighted by Crippen LogP contribution is 2.42. The van der Waals surface area contributed by atoms with Crippen LogP contribution in [0.25, 0.3) is 16.9 Å². The molecular formula is C52H82N2. The first-order chi connectivity index (χ1) is 26.6. The summed E-state index contributed by atoms with van der Waals surface area (Å²) in [4.78, 5) is 0. The van der Waals surface area contributed by atoms with Crippen molar-refractivity contribution in [2.75, 3.05) is 0 Å². The molecule has 0 fully saturated rings. The Morgan fingerprint density at radius 2 is 0.926 bits per heavy atom. The van der Waals surface area contributed by atoms with Crippen LogP contribution in [0, 0.1) is 0 Å². The summed E-state index contributed by atoms with van der Waals surface area (Å²) in [6.07, 6.45) is 44.9. The lowest BCUT2D eigenvalue weighted by Gasteiger charge is -2.11. The first kappa shape index (κ1) is 45.6. The van der Waals surface area contributed by atoms with Gasteiger partial charge in [0.15, 0.2) is 0 Å². The van der Waals surface area contributed by atoms with Crippen molar-refractivity contribution in [1.82, 2.24) is 0 Å². The minimum Gasteiger partial charge on any atom is -0.493 e. The summed E-state index contributed by atoms with van der Waals surface area (Å²) < 4.78 is 1.50. The molecule has 0 saturated carbocycles. The molecule has 0 aromatic heterocycles. The lowest BCUT2D eigenvalue weighted by atomic mass is 9.95. The molecule has 0 bridgehead atoms. The van der Waals surface area contributed by atoms with Crippen LogP contribution in [-0.2, 0) is 12.8 Å². The van der Waals surface area contributed by atoms with Gasteiger partial charge in [-0.3, -0.25) is 0 Å². The number of allylic oxidation sites excluding steroid dienone is 4. The summed E-state index contributed by atoms with van der Waals surface area (Å²) in [6, 6.07) is 17.8. The Kier molecular flexibility index (Phi) is 25.0. The van der Waals surface area contributed by atoms with Crippen molar-refractivity contribution < 1.29 is 4.70 Å². The third kappa shape index (κ3) is 17.4. The molecular weight excluding hydrogens is 653 g/mol. The highest BCUT2D eigenvalue weighted by atomic mass is 15.2. The van der Waals surface area contributed by atoms with Crippen LogP contribution in [0.4, 0.5) is 0 Å². The number of hydrogen-bond donors (Lipinski definition) is 0. The van der Waals surface area contributed by atoms with E-state index in [4.69, 9.17) is 0 Å². The molecule has 2 aromatic carbocycles. The zero-order valence-corrected chi connectivity index (χ0v) is 35.9. The summed E-state index contributed by atoms with van der Waals surface area (Å²) in [5, 5.41) is 0. The number of aryl methyl sites for hydroxylation is 2. The Bertz CT molecular complexity index is 1370. The number of hydrogen-bond acceptors (Lipinski definition) is 0. The predicted octanol–water partition coefficient (Wildman–Crippen LogP) is 17.5. The molecule has 0 unspecified atom stereocenters. The zero-order chi connectivity index (χ0) is 38.5. The van der Waals surface area contributed by atoms with Crippen LogP contribution < -0.4 is 0 Å². The van der Waals surface area contributed by atoms with Gasteiger partial charge in [0.2, 0.25) is 11.4 Å². The zero-order valence-electron chi connectivity index (χ0n) is 35.9. The molecule has 0 saturated heterocycles. The van der Waals surface area contributed by atoms with Gasteiger partial charge >= 0.3 is 0 Å². The third-order valence-electron chi connectivity index (χ3n) is 11.7. The fourth-order valence-electron chi connectivity index (χ4n) is 8.27. The molecule has 0 aliphatic carbocycles. The summed E-state index contributed by atoms with van der Waals surface area (Å²) in [5.41, 5.74) is 21.1. The quantitative estimate of drug-likeness (QED) is 0.0515. The van der Waals surface area contributed by atoms with E-state index in [1.54, 1.807) is 0 Å². The van der Waals surface area contributed by atoms with Gasteiger partial charge in [-0.15, -0.1) is 0 Å². The largest absolute Gasteiger partial charge is 0.493 e. The predicted molar refractivity (Wildman–Crippen MR) is 239 cm³/mol. The molecule has 1 heterocycles. The first-order valence-corrected chi connectivity index (χ1v) is 23.5. The van der Waals surface area contributed by atoms with E-state index in [0.29, 0.717) is 0 Å². The fraction of sp³-hybridized carbons (Fsp3) is 0.654. The molecule has 1 aliphatic rings. The van der Waals surface area contributed by atoms with E-state index >= 15 is 0 Å². The van der Waals surface area contributed by atoms with Gasteiger partial charge in [-0.05, 0) is 80.3 Å². The van der Waals surface area contributed by atoms with E-state index < -0.39 is 0 Å². The number of benzene rings is 2. The molecule has 1 aliphatic heterocycles. The number of unbranched alkanes of at least 4 members (excludes halogenated alkanes) is 24. The molecule has 2 aromatic rings. The molecule has 0 N–H and O–H groups in total. The highest BCUT2D eigenvalue weighted by molar-refractivity contribution is 5.84. The summed E-state index contributed by atoms with van der Waals surface area (Å²) >= 11 is 0. The van der Waals surface area contributed by atoms with E-state index in [9.17, 15) is 5.53 Å². The van der Waals surface area contributed by atoms with Gasteiger partial charge < -0.3 is 5.53 Å². The van der Waals surface area contributed by atoms with Gasteiger partial charge in [0, 0.05) is 16.7 Å². The smallest absolute Gasteiger partial charge is 0.215 e. The maximum absolute atomic E-state index is 11.9. The average Bonchev–Trinajstić information content (AvgIpc) is 3.48. The lowest BCUT2D eigenvalue weighted by molar-refractivity contribution is -0.345. The van der Waals surface area contributed by atoms with E-state index in [0.717, 1.165) is 48.2 Å². The summed E-state index contributed by atoms with van der Waals surface area (Å²) in [6.45, 7) is 9.03. The second kappa shape index (κ2) is 29.5. The normalized spacial score (nSPS) is 13.4. The maximum atomic E-state index is 11.9. The van der Waals surface area contributed by atoms with Gasteiger partial charge in [0.1, 0.15) is 0 Å². The highest BCUT2D eigenvalue weighted by Gasteiger charge is 2.34. The Balaban J connectivity index is 1.37. The molecule has 0 radical (unpaired) electrons. The van der Waals surface area contributed by atoms with Gasteiger partial charge in [0.25, 0.3) is 0 Å². The Hall–Kier alpha value is -2.74. The van der Waals surface area contributed by atoms with Crippen molar-refractivity contribution in [1.29, 1.82) is 0 Å². The Labute approximate surface area is 334 Å². The standard InChI is InChI=1S/C52H82N2/c1-5-9-12-13-14-15-16-17-18-19-20-21-22-23-24-25-26-27-28-29-30-31-32-33-39-50-49(8-4)52(48-38-34-37-46(44-48)36-11-7-3)54(53)51(50)47-42-40-45(41-43-47)35-10-6-2/h33-34,37-44H,5-32,35-36H2,1-4H3. The maximum Gasteiger partial charge on any atom is 0.215 e. The van der Waals surface area contributed by atoms with Crippen LogP contribution in [0.1, 0.15) is 230 Å². The molecule has 300 valence electrons. The topological polar surface area (TPSA) is 25.3 Å². The van der Waals surface area contributed by atoms with Crippen molar-refractivity contribution in [3.05, 3.63) is 99.6 Å².